The fourth-order valence-electron chi connectivity index (χ4n) is 9.41. The van der Waals surface area contributed by atoms with Crippen LogP contribution in [-0.4, -0.2) is 53.9 Å². The van der Waals surface area contributed by atoms with Crippen LogP contribution < -0.4 is 4.74 Å². The summed E-state index contributed by atoms with van der Waals surface area (Å²) in [5.74, 6) is 1.80. The summed E-state index contributed by atoms with van der Waals surface area (Å²) in [6, 6.07) is 8.98. The highest BCUT2D eigenvalue weighted by molar-refractivity contribution is 5.36. The van der Waals surface area contributed by atoms with Crippen molar-refractivity contribution in [2.45, 2.75) is 89.6 Å². The minimum atomic E-state index is -0.460. The summed E-state index contributed by atoms with van der Waals surface area (Å²) in [5, 5.41) is 10.7. The van der Waals surface area contributed by atoms with Gasteiger partial charge in [-0.1, -0.05) is 32.1 Å². The molecule has 4 nitrogen and oxygen atoms in total. The van der Waals surface area contributed by atoms with Gasteiger partial charge in [0.15, 0.2) is 0 Å². The normalized spacial score (nSPS) is 38.3. The Morgan fingerprint density at radius 1 is 1.00 bits per heavy atom. The van der Waals surface area contributed by atoms with E-state index in [0.717, 1.165) is 31.4 Å². The van der Waals surface area contributed by atoms with Gasteiger partial charge >= 0.3 is 0 Å². The molecule has 4 heteroatoms. The highest BCUT2D eigenvalue weighted by Gasteiger charge is 2.60. The molecule has 4 bridgehead atoms. The van der Waals surface area contributed by atoms with Crippen LogP contribution in [0.25, 0.3) is 0 Å². The second kappa shape index (κ2) is 8.55. The molecular formula is C30H44N2O2. The molecule has 2 heterocycles. The first-order valence-corrected chi connectivity index (χ1v) is 13.9. The second-order valence-corrected chi connectivity index (χ2v) is 13.3. The van der Waals surface area contributed by atoms with Gasteiger partial charge in [-0.25, -0.2) is 0 Å². The standard InChI is InChI=1S/C30H44N2O2/c1-28-14-23-15-29(2,19-28)21-30(16-23,20-28)24-8-10-27(11-9-24)34-18-26(33)17-31-12-5-7-25-6-3-4-13-32(25)22-31/h6,8-11,23,26,33H,3-5,7,12-22H2,1-2H3/t23?,26?,28-,29+,30?. The molecule has 6 aliphatic rings. The number of allylic oxidation sites excluding steroid dienone is 2. The van der Waals surface area contributed by atoms with E-state index in [4.69, 9.17) is 4.74 Å². The maximum Gasteiger partial charge on any atom is 0.119 e. The molecule has 0 spiro atoms. The summed E-state index contributed by atoms with van der Waals surface area (Å²) in [6.07, 6.45) is 15.2. The number of aliphatic hydroxyl groups excluding tert-OH is 1. The van der Waals surface area contributed by atoms with Crippen molar-refractivity contribution in [1.82, 2.24) is 9.80 Å². The summed E-state index contributed by atoms with van der Waals surface area (Å²) >= 11 is 0. The number of aliphatic hydroxyl groups is 1. The zero-order valence-corrected chi connectivity index (χ0v) is 21.4. The molecule has 2 aliphatic heterocycles. The number of β-amino-alcohol motifs (C(OH)–C–C–N with tert-alkyl or cyclic N) is 1. The zero-order valence-electron chi connectivity index (χ0n) is 21.4. The molecule has 1 aromatic rings. The van der Waals surface area contributed by atoms with E-state index in [-0.39, 0.29) is 0 Å². The summed E-state index contributed by atoms with van der Waals surface area (Å²) in [6.45, 7) is 9.30. The van der Waals surface area contributed by atoms with Crippen LogP contribution in [0.5, 0.6) is 5.75 Å². The van der Waals surface area contributed by atoms with Crippen molar-refractivity contribution < 1.29 is 9.84 Å². The van der Waals surface area contributed by atoms with Crippen molar-refractivity contribution in [2.24, 2.45) is 16.7 Å². The van der Waals surface area contributed by atoms with Crippen molar-refractivity contribution in [3.8, 4) is 5.75 Å². The average molecular weight is 465 g/mol. The molecule has 186 valence electrons. The number of hydrogen-bond donors (Lipinski definition) is 1. The Kier molecular flexibility index (Phi) is 5.76. The Balaban J connectivity index is 1.05. The van der Waals surface area contributed by atoms with Gasteiger partial charge in [0.05, 0.1) is 6.67 Å². The van der Waals surface area contributed by atoms with Gasteiger partial charge < -0.3 is 14.7 Å². The van der Waals surface area contributed by atoms with Gasteiger partial charge in [-0.15, -0.1) is 0 Å². The van der Waals surface area contributed by atoms with E-state index in [1.807, 2.05) is 0 Å². The van der Waals surface area contributed by atoms with Crippen LogP contribution in [0.2, 0.25) is 0 Å². The molecule has 3 unspecified atom stereocenters. The Hall–Kier alpha value is -1.52. The lowest BCUT2D eigenvalue weighted by Gasteiger charge is -2.65. The highest BCUT2D eigenvalue weighted by Crippen LogP contribution is 2.69. The topological polar surface area (TPSA) is 35.9 Å². The Bertz CT molecular complexity index is 906. The SMILES string of the molecule is C[C@]12CC3CC(c4ccc(OCC(O)CN5CCCC6=CCCCN6C5)cc4)(C1)C[C@@](C)(C3)C2. The molecule has 0 aromatic heterocycles. The van der Waals surface area contributed by atoms with Crippen LogP contribution in [-0.2, 0) is 5.41 Å². The van der Waals surface area contributed by atoms with E-state index in [9.17, 15) is 5.11 Å². The Morgan fingerprint density at radius 3 is 2.50 bits per heavy atom. The molecule has 1 aromatic carbocycles. The largest absolute Gasteiger partial charge is 0.491 e. The fourth-order valence-corrected chi connectivity index (χ4v) is 9.41. The lowest BCUT2D eigenvalue weighted by molar-refractivity contribution is -0.110. The lowest BCUT2D eigenvalue weighted by atomic mass is 9.39. The second-order valence-electron chi connectivity index (χ2n) is 13.3. The number of benzene rings is 1. The lowest BCUT2D eigenvalue weighted by Crippen LogP contribution is -2.56. The van der Waals surface area contributed by atoms with E-state index in [2.05, 4.69) is 54.0 Å². The third-order valence-corrected chi connectivity index (χ3v) is 9.70. The zero-order chi connectivity index (χ0) is 23.4. The number of ether oxygens (including phenoxy) is 1. The first-order valence-electron chi connectivity index (χ1n) is 13.9. The van der Waals surface area contributed by atoms with Crippen LogP contribution >= 0.6 is 0 Å². The molecule has 4 aliphatic carbocycles. The smallest absolute Gasteiger partial charge is 0.119 e. The van der Waals surface area contributed by atoms with Gasteiger partial charge in [0.1, 0.15) is 18.5 Å². The molecule has 7 rings (SSSR count). The van der Waals surface area contributed by atoms with Crippen LogP contribution in [0.3, 0.4) is 0 Å². The number of hydrogen-bond acceptors (Lipinski definition) is 4. The fraction of sp³-hybridized carbons (Fsp3) is 0.733. The van der Waals surface area contributed by atoms with Crippen molar-refractivity contribution in [1.29, 1.82) is 0 Å². The molecule has 1 N–H and O–H groups in total. The first-order chi connectivity index (χ1) is 16.3. The van der Waals surface area contributed by atoms with Crippen LogP contribution in [0.1, 0.15) is 83.6 Å². The minimum absolute atomic E-state index is 0.363. The number of fused-ring (bicyclic) bond motifs is 1. The summed E-state index contributed by atoms with van der Waals surface area (Å²) < 4.78 is 6.06. The Morgan fingerprint density at radius 2 is 1.76 bits per heavy atom. The maximum absolute atomic E-state index is 10.7. The van der Waals surface area contributed by atoms with Gasteiger partial charge in [0.2, 0.25) is 0 Å². The molecule has 4 saturated carbocycles. The van der Waals surface area contributed by atoms with Gasteiger partial charge in [-0.2, -0.15) is 0 Å². The van der Waals surface area contributed by atoms with Crippen molar-refractivity contribution in [3.05, 3.63) is 41.6 Å². The van der Waals surface area contributed by atoms with Gasteiger partial charge in [0, 0.05) is 25.3 Å². The molecule has 0 amide bonds. The van der Waals surface area contributed by atoms with Crippen molar-refractivity contribution in [2.75, 3.05) is 32.9 Å². The van der Waals surface area contributed by atoms with E-state index in [1.54, 1.807) is 0 Å². The van der Waals surface area contributed by atoms with E-state index < -0.39 is 6.10 Å². The predicted molar refractivity (Wildman–Crippen MR) is 137 cm³/mol. The molecule has 1 saturated heterocycles. The van der Waals surface area contributed by atoms with E-state index in [1.165, 1.54) is 75.5 Å². The van der Waals surface area contributed by atoms with E-state index in [0.29, 0.717) is 29.4 Å². The quantitative estimate of drug-likeness (QED) is 0.585. The third-order valence-electron chi connectivity index (χ3n) is 9.70. The molecule has 0 radical (unpaired) electrons. The number of nitrogens with zero attached hydrogens (tertiary/aromatic N) is 2. The van der Waals surface area contributed by atoms with Gasteiger partial charge in [-0.05, 0) is 104 Å². The van der Waals surface area contributed by atoms with Crippen LogP contribution in [0.4, 0.5) is 0 Å². The minimum Gasteiger partial charge on any atom is -0.491 e. The summed E-state index contributed by atoms with van der Waals surface area (Å²) in [7, 11) is 0. The molecular weight excluding hydrogens is 420 g/mol. The third kappa shape index (κ3) is 4.41. The maximum atomic E-state index is 10.7. The summed E-state index contributed by atoms with van der Waals surface area (Å²) in [4.78, 5) is 4.91. The molecule has 5 atom stereocenters. The van der Waals surface area contributed by atoms with Crippen molar-refractivity contribution in [3.63, 3.8) is 0 Å². The number of rotatable bonds is 6. The predicted octanol–water partition coefficient (Wildman–Crippen LogP) is 5.71. The van der Waals surface area contributed by atoms with Crippen LogP contribution in [0, 0.1) is 16.7 Å². The van der Waals surface area contributed by atoms with Crippen LogP contribution in [0.15, 0.2) is 36.0 Å². The van der Waals surface area contributed by atoms with Gasteiger partial charge in [0.25, 0.3) is 0 Å². The molecule has 5 fully saturated rings. The van der Waals surface area contributed by atoms with E-state index >= 15 is 0 Å². The first kappa shape index (κ1) is 22.9. The monoisotopic (exact) mass is 464 g/mol. The highest BCUT2D eigenvalue weighted by atomic mass is 16.5. The molecule has 34 heavy (non-hydrogen) atoms. The Labute approximate surface area is 206 Å². The van der Waals surface area contributed by atoms with Gasteiger partial charge in [-0.3, -0.25) is 4.90 Å². The summed E-state index contributed by atoms with van der Waals surface area (Å²) in [5.41, 5.74) is 4.48. The average Bonchev–Trinajstić information content (AvgIpc) is 2.97. The van der Waals surface area contributed by atoms with Crippen molar-refractivity contribution >= 4 is 0 Å².